The van der Waals surface area contributed by atoms with Crippen molar-refractivity contribution in [1.82, 2.24) is 4.31 Å². The molecule has 0 spiro atoms. The molecule has 0 fully saturated rings. The first-order valence-electron chi connectivity index (χ1n) is 4.91. The van der Waals surface area contributed by atoms with Gasteiger partial charge < -0.3 is 4.90 Å². The largest absolute Gasteiger partial charge is 0.376 e. The zero-order valence-electron chi connectivity index (χ0n) is 10.2. The van der Waals surface area contributed by atoms with Crippen LogP contribution >= 0.6 is 0 Å². The van der Waals surface area contributed by atoms with Crippen LogP contribution in [0.25, 0.3) is 0 Å². The Balaban J connectivity index is 3.18. The van der Waals surface area contributed by atoms with Crippen molar-refractivity contribution >= 4 is 21.6 Å². The van der Waals surface area contributed by atoms with Gasteiger partial charge in [0, 0.05) is 34.3 Å². The smallest absolute Gasteiger partial charge is 0.301 e. The fraction of sp³-hybridized carbons (Fsp3) is 0.400. The lowest BCUT2D eigenvalue weighted by atomic mass is 10.2. The first kappa shape index (κ1) is 13.7. The number of rotatable bonds is 4. The Bertz CT molecular complexity index is 500. The van der Waals surface area contributed by atoms with E-state index in [2.05, 4.69) is 4.72 Å². The van der Waals surface area contributed by atoms with Crippen LogP contribution in [0.3, 0.4) is 0 Å². The molecular weight excluding hydrogens is 245 g/mol. The molecule has 17 heavy (non-hydrogen) atoms. The van der Waals surface area contributed by atoms with E-state index < -0.39 is 16.0 Å². The topological polar surface area (TPSA) is 52.7 Å². The highest BCUT2D eigenvalue weighted by atomic mass is 32.2. The molecule has 1 N–H and O–H groups in total. The van der Waals surface area contributed by atoms with Gasteiger partial charge in [-0.3, -0.25) is 4.72 Å². The predicted molar refractivity (Wildman–Crippen MR) is 67.0 cm³/mol. The zero-order valence-corrected chi connectivity index (χ0v) is 11.0. The Morgan fingerprint density at radius 2 is 1.76 bits per heavy atom. The van der Waals surface area contributed by atoms with Crippen LogP contribution in [0.5, 0.6) is 0 Å². The fourth-order valence-corrected chi connectivity index (χ4v) is 1.83. The maximum atomic E-state index is 13.1. The summed E-state index contributed by atoms with van der Waals surface area (Å²) in [5.41, 5.74) is 0.806. The van der Waals surface area contributed by atoms with Gasteiger partial charge in [-0.05, 0) is 12.1 Å². The molecule has 0 aromatic heterocycles. The van der Waals surface area contributed by atoms with Crippen molar-refractivity contribution < 1.29 is 12.8 Å². The van der Waals surface area contributed by atoms with Crippen LogP contribution in [0.4, 0.5) is 15.8 Å². The molecule has 0 radical (unpaired) electrons. The van der Waals surface area contributed by atoms with Crippen LogP contribution in [-0.4, -0.2) is 40.9 Å². The molecule has 1 rings (SSSR count). The third-order valence-corrected chi connectivity index (χ3v) is 3.60. The predicted octanol–water partition coefficient (Wildman–Crippen LogP) is 1.11. The number of nitrogens with zero attached hydrogens (tertiary/aromatic N) is 2. The second-order valence-corrected chi connectivity index (χ2v) is 5.83. The average Bonchev–Trinajstić information content (AvgIpc) is 2.15. The van der Waals surface area contributed by atoms with Crippen LogP contribution < -0.4 is 9.62 Å². The van der Waals surface area contributed by atoms with Gasteiger partial charge in [0.2, 0.25) is 0 Å². The fourth-order valence-electron chi connectivity index (χ4n) is 1.21. The molecular formula is C10H16FN3O2S. The summed E-state index contributed by atoms with van der Waals surface area (Å²) in [6.07, 6.45) is 0. The van der Waals surface area contributed by atoms with Gasteiger partial charge in [0.1, 0.15) is 5.82 Å². The molecule has 96 valence electrons. The van der Waals surface area contributed by atoms with Crippen molar-refractivity contribution in [2.75, 3.05) is 37.8 Å². The number of nitrogens with one attached hydrogen (secondary N) is 1. The first-order chi connectivity index (χ1) is 7.74. The Morgan fingerprint density at radius 3 is 2.24 bits per heavy atom. The Kier molecular flexibility index (Phi) is 3.94. The molecule has 0 saturated carbocycles. The van der Waals surface area contributed by atoms with Crippen molar-refractivity contribution in [1.29, 1.82) is 0 Å². The third-order valence-electron chi connectivity index (χ3n) is 2.16. The highest BCUT2D eigenvalue weighted by molar-refractivity contribution is 7.90. The Hall–Kier alpha value is -1.34. The minimum Gasteiger partial charge on any atom is -0.376 e. The molecule has 0 aliphatic rings. The monoisotopic (exact) mass is 261 g/mol. The van der Waals surface area contributed by atoms with Gasteiger partial charge in [-0.2, -0.15) is 12.7 Å². The Labute approximate surface area is 101 Å². The van der Waals surface area contributed by atoms with E-state index in [-0.39, 0.29) is 5.69 Å². The first-order valence-corrected chi connectivity index (χ1v) is 6.35. The number of anilines is 2. The lowest BCUT2D eigenvalue weighted by Crippen LogP contribution is -2.29. The molecule has 0 amide bonds. The van der Waals surface area contributed by atoms with Gasteiger partial charge in [0.15, 0.2) is 0 Å². The molecule has 5 nitrogen and oxygen atoms in total. The summed E-state index contributed by atoms with van der Waals surface area (Å²) in [5, 5.41) is 0. The molecule has 0 bridgehead atoms. The van der Waals surface area contributed by atoms with E-state index in [1.807, 2.05) is 0 Å². The normalized spacial score (nSPS) is 11.6. The van der Waals surface area contributed by atoms with E-state index in [4.69, 9.17) is 0 Å². The SMILES string of the molecule is CN(C)c1ccc(F)cc1NS(=O)(=O)N(C)C. The van der Waals surface area contributed by atoms with Crippen molar-refractivity contribution in [3.8, 4) is 0 Å². The molecule has 0 saturated heterocycles. The second kappa shape index (κ2) is 4.89. The molecule has 0 aliphatic heterocycles. The van der Waals surface area contributed by atoms with Crippen molar-refractivity contribution in [2.45, 2.75) is 0 Å². The molecule has 0 heterocycles. The second-order valence-electron chi connectivity index (χ2n) is 3.95. The lowest BCUT2D eigenvalue weighted by molar-refractivity contribution is 0.527. The quantitative estimate of drug-likeness (QED) is 0.883. The van der Waals surface area contributed by atoms with Gasteiger partial charge in [-0.25, -0.2) is 4.39 Å². The van der Waals surface area contributed by atoms with Gasteiger partial charge in [0.25, 0.3) is 0 Å². The van der Waals surface area contributed by atoms with E-state index in [0.29, 0.717) is 5.69 Å². The third kappa shape index (κ3) is 3.31. The summed E-state index contributed by atoms with van der Waals surface area (Å²) in [6.45, 7) is 0. The van der Waals surface area contributed by atoms with E-state index in [0.717, 1.165) is 10.4 Å². The molecule has 0 atom stereocenters. The van der Waals surface area contributed by atoms with E-state index in [1.165, 1.54) is 26.2 Å². The summed E-state index contributed by atoms with van der Waals surface area (Å²) in [6, 6.07) is 3.95. The number of hydrogen-bond donors (Lipinski definition) is 1. The van der Waals surface area contributed by atoms with Crippen molar-refractivity contribution in [2.24, 2.45) is 0 Å². The van der Waals surface area contributed by atoms with Crippen LogP contribution in [0.1, 0.15) is 0 Å². The summed E-state index contributed by atoms with van der Waals surface area (Å²) >= 11 is 0. The molecule has 1 aromatic carbocycles. The van der Waals surface area contributed by atoms with Gasteiger partial charge in [0.05, 0.1) is 11.4 Å². The summed E-state index contributed by atoms with van der Waals surface area (Å²) in [4.78, 5) is 1.70. The Morgan fingerprint density at radius 1 is 1.18 bits per heavy atom. The number of halogens is 1. The van der Waals surface area contributed by atoms with E-state index in [9.17, 15) is 12.8 Å². The van der Waals surface area contributed by atoms with E-state index in [1.54, 1.807) is 19.0 Å². The summed E-state index contributed by atoms with van der Waals surface area (Å²) in [5.74, 6) is -0.493. The van der Waals surface area contributed by atoms with Crippen molar-refractivity contribution in [3.63, 3.8) is 0 Å². The van der Waals surface area contributed by atoms with Gasteiger partial charge in [-0.1, -0.05) is 0 Å². The standard InChI is InChI=1S/C10H16FN3O2S/c1-13(2)10-6-5-8(11)7-9(10)12-17(15,16)14(3)4/h5-7,12H,1-4H3. The lowest BCUT2D eigenvalue weighted by Gasteiger charge is -2.20. The van der Waals surface area contributed by atoms with Crippen LogP contribution in [-0.2, 0) is 10.2 Å². The van der Waals surface area contributed by atoms with Gasteiger partial charge >= 0.3 is 10.2 Å². The van der Waals surface area contributed by atoms with Crippen LogP contribution in [0.2, 0.25) is 0 Å². The van der Waals surface area contributed by atoms with Crippen LogP contribution in [0, 0.1) is 5.82 Å². The average molecular weight is 261 g/mol. The maximum absolute atomic E-state index is 13.1. The highest BCUT2D eigenvalue weighted by Gasteiger charge is 2.16. The van der Waals surface area contributed by atoms with Crippen molar-refractivity contribution in [3.05, 3.63) is 24.0 Å². The van der Waals surface area contributed by atoms with Crippen LogP contribution in [0.15, 0.2) is 18.2 Å². The maximum Gasteiger partial charge on any atom is 0.301 e. The highest BCUT2D eigenvalue weighted by Crippen LogP contribution is 2.26. The number of hydrogen-bond acceptors (Lipinski definition) is 3. The molecule has 1 aromatic rings. The molecule has 7 heteroatoms. The molecule has 0 aliphatic carbocycles. The number of benzene rings is 1. The zero-order chi connectivity index (χ0) is 13.2. The summed E-state index contributed by atoms with van der Waals surface area (Å²) < 4.78 is 39.8. The van der Waals surface area contributed by atoms with E-state index >= 15 is 0 Å². The minimum absolute atomic E-state index is 0.212. The molecule has 0 unspecified atom stereocenters. The summed E-state index contributed by atoms with van der Waals surface area (Å²) in [7, 11) is 2.67. The van der Waals surface area contributed by atoms with Gasteiger partial charge in [-0.15, -0.1) is 0 Å². The minimum atomic E-state index is -3.63.